The van der Waals surface area contributed by atoms with E-state index in [4.69, 9.17) is 0 Å². The fourth-order valence-corrected chi connectivity index (χ4v) is 6.51. The van der Waals surface area contributed by atoms with E-state index in [1.54, 1.807) is 16.4 Å². The Hall–Kier alpha value is -0.590. The van der Waals surface area contributed by atoms with Crippen LogP contribution in [0.15, 0.2) is 24.3 Å². The number of sulfonamides is 1. The molecule has 6 heteroatoms. The van der Waals surface area contributed by atoms with Crippen LogP contribution >= 0.6 is 11.8 Å². The lowest BCUT2D eigenvalue weighted by Crippen LogP contribution is -2.47. The maximum Gasteiger partial charge on any atom is 0.218 e. The van der Waals surface area contributed by atoms with E-state index >= 15 is 0 Å². The Kier molecular flexibility index (Phi) is 4.30. The van der Waals surface area contributed by atoms with Crippen molar-refractivity contribution in [1.82, 2.24) is 4.31 Å². The van der Waals surface area contributed by atoms with Crippen LogP contribution in [0.25, 0.3) is 0 Å². The number of fused-ring (bicyclic) bond motifs is 2. The van der Waals surface area contributed by atoms with Crippen molar-refractivity contribution in [2.24, 2.45) is 0 Å². The number of hydrogen-bond acceptors (Lipinski definition) is 3. The second-order valence-corrected chi connectivity index (χ2v) is 8.94. The van der Waals surface area contributed by atoms with E-state index in [1.807, 2.05) is 11.8 Å². The van der Waals surface area contributed by atoms with Crippen molar-refractivity contribution in [2.45, 2.75) is 48.8 Å². The van der Waals surface area contributed by atoms with Crippen LogP contribution in [0, 0.1) is 5.82 Å². The topological polar surface area (TPSA) is 37.4 Å². The fraction of sp³-hybridized carbons (Fsp3) is 0.600. The Morgan fingerprint density at radius 2 is 1.95 bits per heavy atom. The van der Waals surface area contributed by atoms with Crippen LogP contribution in [0.4, 0.5) is 4.39 Å². The van der Waals surface area contributed by atoms with Gasteiger partial charge in [-0.3, -0.25) is 0 Å². The van der Waals surface area contributed by atoms with E-state index in [2.05, 4.69) is 6.26 Å². The highest BCUT2D eigenvalue weighted by atomic mass is 32.2. The Balaban J connectivity index is 1.80. The van der Waals surface area contributed by atoms with Crippen LogP contribution in [-0.4, -0.2) is 36.3 Å². The SMILES string of the molecule is CSC1CC2CCC(C1)N2S(=O)(=O)Cc1cccc(F)c1. The average molecular weight is 329 g/mol. The van der Waals surface area contributed by atoms with Crippen LogP contribution in [0.3, 0.4) is 0 Å². The molecule has 21 heavy (non-hydrogen) atoms. The van der Waals surface area contributed by atoms with E-state index < -0.39 is 10.0 Å². The second-order valence-electron chi connectivity index (χ2n) is 5.93. The van der Waals surface area contributed by atoms with Crippen molar-refractivity contribution in [3.05, 3.63) is 35.6 Å². The molecular formula is C15H20FNO2S2. The normalized spacial score (nSPS) is 29.7. The van der Waals surface area contributed by atoms with Gasteiger partial charge < -0.3 is 0 Å². The van der Waals surface area contributed by atoms with Gasteiger partial charge in [-0.25, -0.2) is 12.8 Å². The van der Waals surface area contributed by atoms with E-state index in [9.17, 15) is 12.8 Å². The lowest BCUT2D eigenvalue weighted by atomic mass is 10.1. The summed E-state index contributed by atoms with van der Waals surface area (Å²) in [7, 11) is -3.36. The summed E-state index contributed by atoms with van der Waals surface area (Å²) in [5.74, 6) is -0.478. The zero-order valence-corrected chi connectivity index (χ0v) is 13.7. The smallest absolute Gasteiger partial charge is 0.212 e. The first-order chi connectivity index (χ1) is 9.99. The van der Waals surface area contributed by atoms with Gasteiger partial charge >= 0.3 is 0 Å². The number of nitrogens with zero attached hydrogens (tertiary/aromatic N) is 1. The third kappa shape index (κ3) is 3.12. The highest BCUT2D eigenvalue weighted by Crippen LogP contribution is 2.41. The van der Waals surface area contributed by atoms with Crippen LogP contribution < -0.4 is 0 Å². The molecule has 2 unspecified atom stereocenters. The van der Waals surface area contributed by atoms with Crippen molar-refractivity contribution in [2.75, 3.05) is 6.26 Å². The first-order valence-corrected chi connectivity index (χ1v) is 10.2. The zero-order chi connectivity index (χ0) is 15.0. The highest BCUT2D eigenvalue weighted by molar-refractivity contribution is 7.99. The third-order valence-electron chi connectivity index (χ3n) is 4.52. The molecule has 1 aromatic rings. The van der Waals surface area contributed by atoms with Gasteiger partial charge in [-0.05, 0) is 49.6 Å². The standard InChI is InChI=1S/C15H20FNO2S2/c1-20-15-8-13-5-6-14(9-15)17(13)21(18,19)10-11-3-2-4-12(16)7-11/h2-4,7,13-15H,5-6,8-10H2,1H3. The van der Waals surface area contributed by atoms with Gasteiger partial charge in [0.2, 0.25) is 10.0 Å². The van der Waals surface area contributed by atoms with Crippen molar-refractivity contribution >= 4 is 21.8 Å². The van der Waals surface area contributed by atoms with Gasteiger partial charge in [0.25, 0.3) is 0 Å². The number of halogens is 1. The number of benzene rings is 1. The minimum absolute atomic E-state index is 0.0955. The first kappa shape index (κ1) is 15.3. The third-order valence-corrected chi connectivity index (χ3v) is 7.50. The van der Waals surface area contributed by atoms with Gasteiger partial charge in [0.15, 0.2) is 0 Å². The van der Waals surface area contributed by atoms with Crippen LogP contribution in [0.5, 0.6) is 0 Å². The molecule has 3 nitrogen and oxygen atoms in total. The van der Waals surface area contributed by atoms with Gasteiger partial charge in [-0.15, -0.1) is 0 Å². The summed E-state index contributed by atoms with van der Waals surface area (Å²) in [6, 6.07) is 6.17. The summed E-state index contributed by atoms with van der Waals surface area (Å²) in [4.78, 5) is 0. The molecular weight excluding hydrogens is 309 g/mol. The van der Waals surface area contributed by atoms with Crippen LogP contribution in [-0.2, 0) is 15.8 Å². The number of hydrogen-bond donors (Lipinski definition) is 0. The molecule has 2 saturated heterocycles. The number of rotatable bonds is 4. The fourth-order valence-electron chi connectivity index (χ4n) is 3.64. The molecule has 1 aromatic carbocycles. The lowest BCUT2D eigenvalue weighted by Gasteiger charge is -2.37. The summed E-state index contributed by atoms with van der Waals surface area (Å²) < 4.78 is 40.4. The molecule has 2 aliphatic heterocycles. The summed E-state index contributed by atoms with van der Waals surface area (Å²) in [6.07, 6.45) is 5.91. The summed E-state index contributed by atoms with van der Waals surface area (Å²) >= 11 is 1.84. The minimum Gasteiger partial charge on any atom is -0.212 e. The molecule has 0 radical (unpaired) electrons. The van der Waals surface area contributed by atoms with Gasteiger partial charge in [-0.1, -0.05) is 12.1 Å². The molecule has 116 valence electrons. The Morgan fingerprint density at radius 1 is 1.29 bits per heavy atom. The molecule has 2 atom stereocenters. The van der Waals surface area contributed by atoms with Crippen molar-refractivity contribution in [3.8, 4) is 0 Å². The summed E-state index contributed by atoms with van der Waals surface area (Å²) in [5.41, 5.74) is 0.529. The predicted molar refractivity (Wildman–Crippen MR) is 84.2 cm³/mol. The zero-order valence-electron chi connectivity index (χ0n) is 12.0. The molecule has 0 N–H and O–H groups in total. The van der Waals surface area contributed by atoms with Gasteiger partial charge in [0.05, 0.1) is 5.75 Å². The second kappa shape index (κ2) is 5.89. The molecule has 0 spiro atoms. The maximum absolute atomic E-state index is 13.2. The average Bonchev–Trinajstić information content (AvgIpc) is 2.71. The van der Waals surface area contributed by atoms with E-state index in [0.29, 0.717) is 10.8 Å². The molecule has 0 aromatic heterocycles. The molecule has 0 amide bonds. The molecule has 0 saturated carbocycles. The Bertz CT molecular complexity index is 606. The van der Waals surface area contributed by atoms with E-state index in [0.717, 1.165) is 25.7 Å². The number of thioether (sulfide) groups is 1. The van der Waals surface area contributed by atoms with Gasteiger partial charge in [0.1, 0.15) is 5.82 Å². The van der Waals surface area contributed by atoms with Crippen molar-refractivity contribution < 1.29 is 12.8 Å². The lowest BCUT2D eigenvalue weighted by molar-refractivity contribution is 0.253. The van der Waals surface area contributed by atoms with Crippen molar-refractivity contribution in [1.29, 1.82) is 0 Å². The van der Waals surface area contributed by atoms with Crippen molar-refractivity contribution in [3.63, 3.8) is 0 Å². The van der Waals surface area contributed by atoms with Crippen LogP contribution in [0.1, 0.15) is 31.2 Å². The molecule has 2 heterocycles. The first-order valence-electron chi connectivity index (χ1n) is 7.28. The van der Waals surface area contributed by atoms with Gasteiger partial charge in [0, 0.05) is 17.3 Å². The van der Waals surface area contributed by atoms with Crippen LogP contribution in [0.2, 0.25) is 0 Å². The minimum atomic E-state index is -3.36. The number of piperidine rings is 1. The Morgan fingerprint density at radius 3 is 2.52 bits per heavy atom. The quantitative estimate of drug-likeness (QED) is 0.852. The highest BCUT2D eigenvalue weighted by Gasteiger charge is 2.46. The molecule has 3 rings (SSSR count). The molecule has 0 aliphatic carbocycles. The molecule has 2 fully saturated rings. The monoisotopic (exact) mass is 329 g/mol. The molecule has 2 bridgehead atoms. The summed E-state index contributed by atoms with van der Waals surface area (Å²) in [5, 5.41) is 0.572. The van der Waals surface area contributed by atoms with Gasteiger partial charge in [-0.2, -0.15) is 16.1 Å². The Labute approximate surface area is 130 Å². The van der Waals surface area contributed by atoms with E-state index in [-0.39, 0.29) is 23.7 Å². The summed E-state index contributed by atoms with van der Waals surface area (Å²) in [6.45, 7) is 0. The maximum atomic E-state index is 13.2. The predicted octanol–water partition coefficient (Wildman–Crippen LogP) is 3.01. The molecule has 2 aliphatic rings. The van der Waals surface area contributed by atoms with E-state index in [1.165, 1.54) is 12.1 Å². The largest absolute Gasteiger partial charge is 0.218 e.